The zero-order chi connectivity index (χ0) is 11.4. The molecule has 0 aliphatic carbocycles. The maximum atomic E-state index is 5.51. The number of halogens is 1. The molecule has 0 spiro atoms. The van der Waals surface area contributed by atoms with E-state index in [4.69, 9.17) is 16.3 Å². The van der Waals surface area contributed by atoms with Crippen molar-refractivity contribution in [3.8, 4) is 17.7 Å². The Morgan fingerprint density at radius 2 is 2.19 bits per heavy atom. The zero-order valence-corrected chi connectivity index (χ0v) is 9.58. The quantitative estimate of drug-likeness (QED) is 0.556. The van der Waals surface area contributed by atoms with Gasteiger partial charge in [0.2, 0.25) is 5.88 Å². The fraction of sp³-hybridized carbons (Fsp3) is 0.154. The first-order chi connectivity index (χ1) is 7.83. The van der Waals surface area contributed by atoms with Crippen LogP contribution in [0.1, 0.15) is 5.56 Å². The van der Waals surface area contributed by atoms with Crippen LogP contribution in [0.15, 0.2) is 30.3 Å². The van der Waals surface area contributed by atoms with Gasteiger partial charge < -0.3 is 4.74 Å². The van der Waals surface area contributed by atoms with Gasteiger partial charge in [-0.2, -0.15) is 0 Å². The summed E-state index contributed by atoms with van der Waals surface area (Å²) >= 11 is 5.51. The monoisotopic (exact) mass is 231 g/mol. The van der Waals surface area contributed by atoms with E-state index in [0.717, 1.165) is 16.5 Å². The number of methoxy groups -OCH3 is 1. The van der Waals surface area contributed by atoms with Gasteiger partial charge in [-0.15, -0.1) is 11.6 Å². The molecule has 0 N–H and O–H groups in total. The van der Waals surface area contributed by atoms with Crippen LogP contribution in [0.3, 0.4) is 0 Å². The molecule has 0 saturated heterocycles. The highest BCUT2D eigenvalue weighted by Crippen LogP contribution is 2.17. The molecular formula is C13H10ClNO. The average Bonchev–Trinajstić information content (AvgIpc) is 2.35. The molecule has 0 unspecified atom stereocenters. The van der Waals surface area contributed by atoms with Crippen LogP contribution in [-0.4, -0.2) is 18.0 Å². The molecule has 0 saturated carbocycles. The van der Waals surface area contributed by atoms with Crippen molar-refractivity contribution in [3.05, 3.63) is 35.9 Å². The molecule has 1 heterocycles. The molecule has 16 heavy (non-hydrogen) atoms. The molecule has 0 fully saturated rings. The van der Waals surface area contributed by atoms with E-state index in [0.29, 0.717) is 11.8 Å². The number of nitrogens with zero attached hydrogens (tertiary/aromatic N) is 1. The Hall–Kier alpha value is -1.72. The van der Waals surface area contributed by atoms with Gasteiger partial charge in [0.1, 0.15) is 0 Å². The van der Waals surface area contributed by atoms with Crippen molar-refractivity contribution in [2.24, 2.45) is 0 Å². The minimum Gasteiger partial charge on any atom is -0.481 e. The van der Waals surface area contributed by atoms with E-state index in [1.165, 1.54) is 0 Å². The Kier molecular flexibility index (Phi) is 3.28. The number of hydrogen-bond donors (Lipinski definition) is 0. The molecule has 0 aliphatic rings. The SMILES string of the molecule is COc1ccc2cc(C#CCCl)ccc2n1. The summed E-state index contributed by atoms with van der Waals surface area (Å²) in [5, 5.41) is 1.04. The minimum atomic E-state index is 0.346. The third-order valence-electron chi connectivity index (χ3n) is 2.17. The van der Waals surface area contributed by atoms with Gasteiger partial charge in [-0.3, -0.25) is 0 Å². The summed E-state index contributed by atoms with van der Waals surface area (Å²) in [5.41, 5.74) is 1.84. The first-order valence-corrected chi connectivity index (χ1v) is 5.36. The van der Waals surface area contributed by atoms with Crippen molar-refractivity contribution >= 4 is 22.5 Å². The maximum Gasteiger partial charge on any atom is 0.213 e. The van der Waals surface area contributed by atoms with Crippen LogP contribution < -0.4 is 4.74 Å². The molecule has 0 bridgehead atoms. The third-order valence-corrected chi connectivity index (χ3v) is 2.31. The molecule has 2 aromatic rings. The molecule has 1 aromatic heterocycles. The summed E-state index contributed by atoms with van der Waals surface area (Å²) in [6, 6.07) is 9.64. The Balaban J connectivity index is 2.47. The number of ether oxygens (including phenoxy) is 1. The fourth-order valence-electron chi connectivity index (χ4n) is 1.43. The number of rotatable bonds is 1. The van der Waals surface area contributed by atoms with Gasteiger partial charge in [-0.05, 0) is 24.3 Å². The molecule has 0 amide bonds. The van der Waals surface area contributed by atoms with Crippen LogP contribution in [0, 0.1) is 11.8 Å². The van der Waals surface area contributed by atoms with E-state index >= 15 is 0 Å². The summed E-state index contributed by atoms with van der Waals surface area (Å²) in [6.45, 7) is 0. The molecule has 0 aliphatic heterocycles. The summed E-state index contributed by atoms with van der Waals surface area (Å²) in [7, 11) is 1.61. The van der Waals surface area contributed by atoms with Crippen molar-refractivity contribution in [1.82, 2.24) is 4.98 Å². The molecule has 2 rings (SSSR count). The lowest BCUT2D eigenvalue weighted by Gasteiger charge is -2.01. The Morgan fingerprint density at radius 1 is 1.31 bits per heavy atom. The Labute approximate surface area is 99.2 Å². The van der Waals surface area contributed by atoms with Crippen molar-refractivity contribution < 1.29 is 4.74 Å². The second-order valence-corrected chi connectivity index (χ2v) is 3.46. The fourth-order valence-corrected chi connectivity index (χ4v) is 1.50. The summed E-state index contributed by atoms with van der Waals surface area (Å²) < 4.78 is 5.06. The van der Waals surface area contributed by atoms with Crippen LogP contribution in [0.2, 0.25) is 0 Å². The van der Waals surface area contributed by atoms with Crippen LogP contribution in [0.5, 0.6) is 5.88 Å². The second kappa shape index (κ2) is 4.87. The van der Waals surface area contributed by atoms with Gasteiger partial charge in [0.05, 0.1) is 18.5 Å². The van der Waals surface area contributed by atoms with Crippen molar-refractivity contribution in [3.63, 3.8) is 0 Å². The van der Waals surface area contributed by atoms with Gasteiger partial charge in [0.25, 0.3) is 0 Å². The number of alkyl halides is 1. The van der Waals surface area contributed by atoms with E-state index in [-0.39, 0.29) is 0 Å². The Morgan fingerprint density at radius 3 is 2.94 bits per heavy atom. The zero-order valence-electron chi connectivity index (χ0n) is 8.83. The summed E-state index contributed by atoms with van der Waals surface area (Å²) in [5.74, 6) is 6.76. The number of pyridine rings is 1. The second-order valence-electron chi connectivity index (χ2n) is 3.20. The number of benzene rings is 1. The predicted molar refractivity (Wildman–Crippen MR) is 65.9 cm³/mol. The minimum absolute atomic E-state index is 0.346. The molecule has 80 valence electrons. The van der Waals surface area contributed by atoms with Crippen LogP contribution in [0.4, 0.5) is 0 Å². The molecule has 0 radical (unpaired) electrons. The highest BCUT2D eigenvalue weighted by molar-refractivity contribution is 6.19. The van der Waals surface area contributed by atoms with E-state index < -0.39 is 0 Å². The number of fused-ring (bicyclic) bond motifs is 1. The van der Waals surface area contributed by atoms with E-state index in [2.05, 4.69) is 16.8 Å². The van der Waals surface area contributed by atoms with Crippen LogP contribution >= 0.6 is 11.6 Å². The number of hydrogen-bond acceptors (Lipinski definition) is 2. The van der Waals surface area contributed by atoms with Gasteiger partial charge >= 0.3 is 0 Å². The van der Waals surface area contributed by atoms with Crippen LogP contribution in [0.25, 0.3) is 10.9 Å². The largest absolute Gasteiger partial charge is 0.481 e. The summed E-state index contributed by atoms with van der Waals surface area (Å²) in [6.07, 6.45) is 0. The lowest BCUT2D eigenvalue weighted by atomic mass is 10.1. The van der Waals surface area contributed by atoms with Gasteiger partial charge in [0, 0.05) is 17.0 Å². The highest BCUT2D eigenvalue weighted by atomic mass is 35.5. The predicted octanol–water partition coefficient (Wildman–Crippen LogP) is 2.83. The molecule has 2 nitrogen and oxygen atoms in total. The van der Waals surface area contributed by atoms with Crippen LogP contribution in [-0.2, 0) is 0 Å². The number of aromatic nitrogens is 1. The normalized spacial score (nSPS) is 9.62. The lowest BCUT2D eigenvalue weighted by molar-refractivity contribution is 0.399. The average molecular weight is 232 g/mol. The van der Waals surface area contributed by atoms with Crippen molar-refractivity contribution in [2.45, 2.75) is 0 Å². The smallest absolute Gasteiger partial charge is 0.213 e. The van der Waals surface area contributed by atoms with E-state index in [1.54, 1.807) is 7.11 Å². The highest BCUT2D eigenvalue weighted by Gasteiger charge is 1.98. The Bertz CT molecular complexity index is 569. The lowest BCUT2D eigenvalue weighted by Crippen LogP contribution is -1.88. The van der Waals surface area contributed by atoms with Gasteiger partial charge in [0.15, 0.2) is 0 Å². The first kappa shape index (κ1) is 10.8. The molecular weight excluding hydrogens is 222 g/mol. The summed E-state index contributed by atoms with van der Waals surface area (Å²) in [4.78, 5) is 4.32. The van der Waals surface area contributed by atoms with E-state index in [1.807, 2.05) is 30.3 Å². The standard InChI is InChI=1S/C13H10ClNO/c1-16-13-7-5-11-9-10(3-2-8-14)4-6-12(11)15-13/h4-7,9H,8H2,1H3. The molecule has 1 aromatic carbocycles. The molecule has 0 atom stereocenters. The van der Waals surface area contributed by atoms with E-state index in [9.17, 15) is 0 Å². The maximum absolute atomic E-state index is 5.51. The topological polar surface area (TPSA) is 22.1 Å². The molecule has 3 heteroatoms. The van der Waals surface area contributed by atoms with Gasteiger partial charge in [-0.25, -0.2) is 4.98 Å². The van der Waals surface area contributed by atoms with Crippen molar-refractivity contribution in [2.75, 3.05) is 13.0 Å². The third kappa shape index (κ3) is 2.26. The van der Waals surface area contributed by atoms with Crippen molar-refractivity contribution in [1.29, 1.82) is 0 Å². The van der Waals surface area contributed by atoms with Gasteiger partial charge in [-0.1, -0.05) is 11.8 Å². The first-order valence-electron chi connectivity index (χ1n) is 4.83.